The lowest BCUT2D eigenvalue weighted by atomic mass is 9.83. The summed E-state index contributed by atoms with van der Waals surface area (Å²) in [6, 6.07) is 37.6. The molecule has 1 aliphatic rings. The van der Waals surface area contributed by atoms with Crippen molar-refractivity contribution in [2.24, 2.45) is 5.10 Å². The molecule has 0 aliphatic carbocycles. The summed E-state index contributed by atoms with van der Waals surface area (Å²) in [7, 11) is 0. The van der Waals surface area contributed by atoms with Gasteiger partial charge in [0.15, 0.2) is 0 Å². The van der Waals surface area contributed by atoms with Crippen molar-refractivity contribution in [3.05, 3.63) is 120 Å². The second-order valence-corrected chi connectivity index (χ2v) is 9.20. The lowest BCUT2D eigenvalue weighted by Crippen LogP contribution is -2.22. The minimum Gasteiger partial charge on any atom is -0.309 e. The van der Waals surface area contributed by atoms with Crippen LogP contribution in [0.2, 0.25) is 0 Å². The first-order chi connectivity index (χ1) is 17.3. The van der Waals surface area contributed by atoms with Crippen molar-refractivity contribution in [2.75, 3.05) is 6.54 Å². The SMILES string of the molecule is O=C(C1=NNCC1c1c2ccccc2cc2ccccc12)c1ccc2ccc3ccccc3c2c1. The van der Waals surface area contributed by atoms with Crippen LogP contribution >= 0.6 is 0 Å². The Kier molecular flexibility index (Phi) is 4.43. The molecule has 0 radical (unpaired) electrons. The number of nitrogens with one attached hydrogen (secondary N) is 1. The summed E-state index contributed by atoms with van der Waals surface area (Å²) < 4.78 is 0. The number of Topliss-reactive ketones (excluding diaryl/α,β-unsaturated/α-hetero) is 1. The van der Waals surface area contributed by atoms with E-state index in [1.165, 1.54) is 32.5 Å². The number of rotatable bonds is 3. The minimum atomic E-state index is -0.123. The van der Waals surface area contributed by atoms with Gasteiger partial charge in [-0.25, -0.2) is 0 Å². The normalized spacial score (nSPS) is 15.5. The molecule has 0 amide bonds. The molecule has 0 spiro atoms. The molecular formula is C32H22N2O. The molecule has 1 atom stereocenters. The molecule has 0 saturated heterocycles. The zero-order chi connectivity index (χ0) is 23.4. The number of hydrogen-bond acceptors (Lipinski definition) is 3. The number of hydrazone groups is 1. The smallest absolute Gasteiger partial charge is 0.209 e. The Morgan fingerprint density at radius 2 is 1.20 bits per heavy atom. The van der Waals surface area contributed by atoms with E-state index in [4.69, 9.17) is 0 Å². The molecule has 0 bridgehead atoms. The van der Waals surface area contributed by atoms with Crippen molar-refractivity contribution in [2.45, 2.75) is 5.92 Å². The quantitative estimate of drug-likeness (QED) is 0.176. The van der Waals surface area contributed by atoms with E-state index in [9.17, 15) is 4.79 Å². The fourth-order valence-electron chi connectivity index (χ4n) is 5.56. The van der Waals surface area contributed by atoms with Crippen LogP contribution in [0.3, 0.4) is 0 Å². The van der Waals surface area contributed by atoms with E-state index in [-0.39, 0.29) is 11.7 Å². The van der Waals surface area contributed by atoms with E-state index in [0.29, 0.717) is 17.8 Å². The van der Waals surface area contributed by atoms with Crippen molar-refractivity contribution in [3.8, 4) is 0 Å². The summed E-state index contributed by atoms with van der Waals surface area (Å²) >= 11 is 0. The summed E-state index contributed by atoms with van der Waals surface area (Å²) in [5.41, 5.74) is 5.55. The zero-order valence-electron chi connectivity index (χ0n) is 19.0. The monoisotopic (exact) mass is 450 g/mol. The Morgan fingerprint density at radius 1 is 0.629 bits per heavy atom. The predicted molar refractivity (Wildman–Crippen MR) is 145 cm³/mol. The number of fused-ring (bicyclic) bond motifs is 5. The predicted octanol–water partition coefficient (Wildman–Crippen LogP) is 7.23. The van der Waals surface area contributed by atoms with Gasteiger partial charge in [0, 0.05) is 12.1 Å². The van der Waals surface area contributed by atoms with Crippen LogP contribution in [0.4, 0.5) is 0 Å². The number of carbonyl (C=O) groups is 1. The van der Waals surface area contributed by atoms with Crippen molar-refractivity contribution >= 4 is 54.6 Å². The zero-order valence-corrected chi connectivity index (χ0v) is 19.0. The van der Waals surface area contributed by atoms with Crippen LogP contribution in [0.5, 0.6) is 0 Å². The second-order valence-electron chi connectivity index (χ2n) is 9.20. The van der Waals surface area contributed by atoms with E-state index in [1.54, 1.807) is 0 Å². The molecule has 3 nitrogen and oxygen atoms in total. The summed E-state index contributed by atoms with van der Waals surface area (Å²) in [4.78, 5) is 13.9. The highest BCUT2D eigenvalue weighted by atomic mass is 16.1. The summed E-state index contributed by atoms with van der Waals surface area (Å²) in [6.45, 7) is 0.607. The van der Waals surface area contributed by atoms with Crippen LogP contribution in [0.1, 0.15) is 21.8 Å². The Labute approximate surface area is 202 Å². The minimum absolute atomic E-state index is 0.0214. The largest absolute Gasteiger partial charge is 0.309 e. The average Bonchev–Trinajstić information content (AvgIpc) is 3.40. The highest BCUT2D eigenvalue weighted by Gasteiger charge is 2.32. The molecule has 0 fully saturated rings. The van der Waals surface area contributed by atoms with Gasteiger partial charge < -0.3 is 5.43 Å². The molecular weight excluding hydrogens is 428 g/mol. The second kappa shape index (κ2) is 7.78. The van der Waals surface area contributed by atoms with E-state index in [2.05, 4.69) is 89.4 Å². The van der Waals surface area contributed by atoms with E-state index >= 15 is 0 Å². The molecule has 1 unspecified atom stereocenters. The molecule has 166 valence electrons. The van der Waals surface area contributed by atoms with Gasteiger partial charge in [0.25, 0.3) is 0 Å². The molecule has 0 aromatic heterocycles. The van der Waals surface area contributed by atoms with Gasteiger partial charge in [0.05, 0.1) is 5.92 Å². The summed E-state index contributed by atoms with van der Waals surface area (Å²) in [6.07, 6.45) is 0. The maximum Gasteiger partial charge on any atom is 0.209 e. The van der Waals surface area contributed by atoms with E-state index < -0.39 is 0 Å². The van der Waals surface area contributed by atoms with E-state index in [1.807, 2.05) is 30.3 Å². The molecule has 3 heteroatoms. The number of ketones is 1. The van der Waals surface area contributed by atoms with Crippen molar-refractivity contribution < 1.29 is 4.79 Å². The van der Waals surface area contributed by atoms with Gasteiger partial charge in [-0.05, 0) is 60.8 Å². The van der Waals surface area contributed by atoms with Gasteiger partial charge in [-0.3, -0.25) is 4.79 Å². The fraction of sp³-hybridized carbons (Fsp3) is 0.0625. The third-order valence-electron chi connectivity index (χ3n) is 7.23. The molecule has 1 heterocycles. The molecule has 1 N–H and O–H groups in total. The van der Waals surface area contributed by atoms with Gasteiger partial charge >= 0.3 is 0 Å². The summed E-state index contributed by atoms with van der Waals surface area (Å²) in [5, 5.41) is 13.8. The van der Waals surface area contributed by atoms with Crippen LogP contribution in [0.15, 0.2) is 114 Å². The number of hydrogen-bond donors (Lipinski definition) is 1. The highest BCUT2D eigenvalue weighted by molar-refractivity contribution is 6.48. The maximum atomic E-state index is 13.9. The highest BCUT2D eigenvalue weighted by Crippen LogP contribution is 2.36. The Balaban J connectivity index is 1.39. The van der Waals surface area contributed by atoms with Crippen molar-refractivity contribution in [1.82, 2.24) is 5.43 Å². The van der Waals surface area contributed by atoms with Crippen LogP contribution in [-0.4, -0.2) is 18.0 Å². The first-order valence-corrected chi connectivity index (χ1v) is 11.9. The Hall–Kier alpha value is -4.50. The van der Waals surface area contributed by atoms with Crippen molar-refractivity contribution in [1.29, 1.82) is 0 Å². The molecule has 1 aliphatic heterocycles. The van der Waals surface area contributed by atoms with Crippen LogP contribution in [0.25, 0.3) is 43.1 Å². The first kappa shape index (κ1) is 19.9. The van der Waals surface area contributed by atoms with Crippen LogP contribution in [0, 0.1) is 0 Å². The average molecular weight is 451 g/mol. The van der Waals surface area contributed by atoms with Gasteiger partial charge in [-0.1, -0.05) is 97.1 Å². The summed E-state index contributed by atoms with van der Waals surface area (Å²) in [5.74, 6) is -0.145. The maximum absolute atomic E-state index is 13.9. The lowest BCUT2D eigenvalue weighted by Gasteiger charge is -2.18. The number of nitrogens with zero attached hydrogens (tertiary/aromatic N) is 1. The van der Waals surface area contributed by atoms with E-state index in [0.717, 1.165) is 16.2 Å². The van der Waals surface area contributed by atoms with Gasteiger partial charge in [0.1, 0.15) is 5.71 Å². The number of benzene rings is 6. The molecule has 7 rings (SSSR count). The third kappa shape index (κ3) is 3.12. The number of carbonyl (C=O) groups excluding carboxylic acids is 1. The molecule has 6 aromatic rings. The Morgan fingerprint density at radius 3 is 1.91 bits per heavy atom. The van der Waals surface area contributed by atoms with Crippen LogP contribution in [-0.2, 0) is 0 Å². The van der Waals surface area contributed by atoms with Crippen LogP contribution < -0.4 is 5.43 Å². The lowest BCUT2D eigenvalue weighted by molar-refractivity contribution is 0.106. The fourth-order valence-corrected chi connectivity index (χ4v) is 5.56. The molecule has 0 saturated carbocycles. The van der Waals surface area contributed by atoms with Gasteiger partial charge in [0.2, 0.25) is 5.78 Å². The third-order valence-corrected chi connectivity index (χ3v) is 7.23. The van der Waals surface area contributed by atoms with Gasteiger partial charge in [-0.2, -0.15) is 5.10 Å². The standard InChI is InChI=1S/C32H22N2O/c35-32(24-16-15-21-14-13-20-7-1-4-10-25(20)28(21)18-24)31-29(19-33-34-31)30-26-11-5-2-8-22(26)17-23-9-3-6-12-27(23)30/h1-18,29,33H,19H2. The van der Waals surface area contributed by atoms with Crippen molar-refractivity contribution in [3.63, 3.8) is 0 Å². The Bertz CT molecular complexity index is 1780. The topological polar surface area (TPSA) is 41.5 Å². The first-order valence-electron chi connectivity index (χ1n) is 11.9. The molecule has 35 heavy (non-hydrogen) atoms. The van der Waals surface area contributed by atoms with Gasteiger partial charge in [-0.15, -0.1) is 0 Å². The molecule has 6 aromatic carbocycles.